The lowest BCUT2D eigenvalue weighted by Crippen LogP contribution is -2.35. The minimum atomic E-state index is -0.521. The number of benzene rings is 1. The van der Waals surface area contributed by atoms with Crippen LogP contribution in [0, 0.1) is 0 Å². The molecular formula is C13H18N4O2. The van der Waals surface area contributed by atoms with Gasteiger partial charge in [-0.05, 0) is 31.0 Å². The van der Waals surface area contributed by atoms with Crippen LogP contribution in [0.25, 0.3) is 10.9 Å². The van der Waals surface area contributed by atoms with E-state index >= 15 is 0 Å². The van der Waals surface area contributed by atoms with E-state index in [-0.39, 0.29) is 5.91 Å². The maximum absolute atomic E-state index is 11.9. The third kappa shape index (κ3) is 3.52. The van der Waals surface area contributed by atoms with E-state index in [9.17, 15) is 4.79 Å². The summed E-state index contributed by atoms with van der Waals surface area (Å²) >= 11 is 0. The van der Waals surface area contributed by atoms with Crippen molar-refractivity contribution in [3.63, 3.8) is 0 Å². The zero-order chi connectivity index (χ0) is 13.7. The SMILES string of the molecule is COCCCC(N)C(=O)Nc1ccc2cn[nH]c2c1. The Morgan fingerprint density at radius 3 is 3.21 bits per heavy atom. The number of carbonyl (C=O) groups is 1. The normalized spacial score (nSPS) is 12.5. The fraction of sp³-hybridized carbons (Fsp3) is 0.385. The third-order valence-corrected chi connectivity index (χ3v) is 2.91. The molecule has 2 rings (SSSR count). The largest absolute Gasteiger partial charge is 0.385 e. The number of hydrogen-bond donors (Lipinski definition) is 3. The van der Waals surface area contributed by atoms with Gasteiger partial charge >= 0.3 is 0 Å². The lowest BCUT2D eigenvalue weighted by molar-refractivity contribution is -0.117. The monoisotopic (exact) mass is 262 g/mol. The minimum Gasteiger partial charge on any atom is -0.385 e. The second-order valence-electron chi connectivity index (χ2n) is 4.40. The van der Waals surface area contributed by atoms with Crippen molar-refractivity contribution in [2.75, 3.05) is 19.0 Å². The van der Waals surface area contributed by atoms with Gasteiger partial charge in [-0.2, -0.15) is 5.10 Å². The number of nitrogens with two attached hydrogens (primary N) is 1. The van der Waals surface area contributed by atoms with Crippen LogP contribution < -0.4 is 11.1 Å². The second kappa shape index (κ2) is 6.31. The quantitative estimate of drug-likeness (QED) is 0.683. The molecule has 0 bridgehead atoms. The van der Waals surface area contributed by atoms with Gasteiger partial charge in [0.25, 0.3) is 0 Å². The van der Waals surface area contributed by atoms with E-state index < -0.39 is 6.04 Å². The summed E-state index contributed by atoms with van der Waals surface area (Å²) in [4.78, 5) is 11.9. The number of anilines is 1. The number of nitrogens with zero attached hydrogens (tertiary/aromatic N) is 1. The van der Waals surface area contributed by atoms with E-state index in [0.29, 0.717) is 18.7 Å². The van der Waals surface area contributed by atoms with Crippen molar-refractivity contribution in [1.82, 2.24) is 10.2 Å². The van der Waals surface area contributed by atoms with Gasteiger partial charge in [-0.25, -0.2) is 0 Å². The number of amides is 1. The standard InChI is InChI=1S/C13H18N4O2/c1-19-6-2-3-11(14)13(18)16-10-5-4-9-8-15-17-12(9)7-10/h4-5,7-8,11H,2-3,6,14H2,1H3,(H,15,17)(H,16,18). The summed E-state index contributed by atoms with van der Waals surface area (Å²) in [6, 6.07) is 5.04. The summed E-state index contributed by atoms with van der Waals surface area (Å²) < 4.78 is 4.93. The second-order valence-corrected chi connectivity index (χ2v) is 4.40. The lowest BCUT2D eigenvalue weighted by atomic mass is 10.1. The van der Waals surface area contributed by atoms with Crippen LogP contribution in [0.3, 0.4) is 0 Å². The molecule has 102 valence electrons. The van der Waals surface area contributed by atoms with Gasteiger partial charge < -0.3 is 15.8 Å². The molecule has 1 aromatic heterocycles. The number of rotatable bonds is 6. The van der Waals surface area contributed by atoms with E-state index in [4.69, 9.17) is 10.5 Å². The van der Waals surface area contributed by atoms with Crippen LogP contribution >= 0.6 is 0 Å². The molecule has 0 aliphatic carbocycles. The van der Waals surface area contributed by atoms with Crippen LogP contribution in [0.15, 0.2) is 24.4 Å². The van der Waals surface area contributed by atoms with E-state index in [0.717, 1.165) is 17.3 Å². The van der Waals surface area contributed by atoms with Gasteiger partial charge in [-0.15, -0.1) is 0 Å². The van der Waals surface area contributed by atoms with Crippen molar-refractivity contribution < 1.29 is 9.53 Å². The van der Waals surface area contributed by atoms with Crippen LogP contribution in [0.2, 0.25) is 0 Å². The van der Waals surface area contributed by atoms with Gasteiger partial charge in [-0.3, -0.25) is 9.89 Å². The minimum absolute atomic E-state index is 0.185. The highest BCUT2D eigenvalue weighted by atomic mass is 16.5. The van der Waals surface area contributed by atoms with Crippen molar-refractivity contribution in [3.05, 3.63) is 24.4 Å². The van der Waals surface area contributed by atoms with Crippen LogP contribution in [0.4, 0.5) is 5.69 Å². The van der Waals surface area contributed by atoms with Gasteiger partial charge in [0.1, 0.15) is 0 Å². The Hall–Kier alpha value is -1.92. The van der Waals surface area contributed by atoms with Crippen molar-refractivity contribution in [3.8, 4) is 0 Å². The van der Waals surface area contributed by atoms with Gasteiger partial charge in [0.15, 0.2) is 0 Å². The van der Waals surface area contributed by atoms with E-state index in [1.54, 1.807) is 13.3 Å². The number of fused-ring (bicyclic) bond motifs is 1. The van der Waals surface area contributed by atoms with Crippen molar-refractivity contribution in [2.45, 2.75) is 18.9 Å². The van der Waals surface area contributed by atoms with Crippen LogP contribution in [0.1, 0.15) is 12.8 Å². The number of nitrogens with one attached hydrogen (secondary N) is 2. The topological polar surface area (TPSA) is 93.0 Å². The summed E-state index contributed by atoms with van der Waals surface area (Å²) in [6.45, 7) is 0.612. The highest BCUT2D eigenvalue weighted by Gasteiger charge is 2.13. The Bertz CT molecular complexity index is 552. The van der Waals surface area contributed by atoms with E-state index in [2.05, 4.69) is 15.5 Å². The molecule has 6 heteroatoms. The highest BCUT2D eigenvalue weighted by molar-refractivity contribution is 5.96. The predicted octanol–water partition coefficient (Wildman–Crippen LogP) is 1.26. The number of hydrogen-bond acceptors (Lipinski definition) is 4. The fourth-order valence-corrected chi connectivity index (χ4v) is 1.83. The Kier molecular flexibility index (Phi) is 4.48. The summed E-state index contributed by atoms with van der Waals surface area (Å²) in [6.07, 6.45) is 3.11. The van der Waals surface area contributed by atoms with Crippen molar-refractivity contribution >= 4 is 22.5 Å². The number of carbonyl (C=O) groups excluding carboxylic acids is 1. The summed E-state index contributed by atoms with van der Waals surface area (Å²) in [5.74, 6) is -0.185. The molecule has 1 atom stereocenters. The zero-order valence-corrected chi connectivity index (χ0v) is 10.8. The van der Waals surface area contributed by atoms with Gasteiger partial charge in [-0.1, -0.05) is 0 Å². The molecule has 1 heterocycles. The molecule has 0 saturated heterocycles. The first-order chi connectivity index (χ1) is 9.20. The molecule has 0 radical (unpaired) electrons. The van der Waals surface area contributed by atoms with Crippen LogP contribution in [-0.2, 0) is 9.53 Å². The Balaban J connectivity index is 1.93. The Labute approximate surface area is 111 Å². The Morgan fingerprint density at radius 1 is 1.58 bits per heavy atom. The molecule has 0 aliphatic rings. The van der Waals surface area contributed by atoms with Gasteiger partial charge in [0.2, 0.25) is 5.91 Å². The average molecular weight is 262 g/mol. The number of ether oxygens (including phenoxy) is 1. The Morgan fingerprint density at radius 2 is 2.42 bits per heavy atom. The first-order valence-electron chi connectivity index (χ1n) is 6.19. The zero-order valence-electron chi connectivity index (χ0n) is 10.8. The van der Waals surface area contributed by atoms with E-state index in [1.165, 1.54) is 0 Å². The smallest absolute Gasteiger partial charge is 0.241 e. The average Bonchev–Trinajstić information content (AvgIpc) is 2.86. The lowest BCUT2D eigenvalue weighted by Gasteiger charge is -2.12. The van der Waals surface area contributed by atoms with Crippen molar-refractivity contribution in [1.29, 1.82) is 0 Å². The van der Waals surface area contributed by atoms with Crippen LogP contribution in [0.5, 0.6) is 0 Å². The number of aromatic amines is 1. The van der Waals surface area contributed by atoms with Gasteiger partial charge in [0.05, 0.1) is 17.8 Å². The molecule has 1 aromatic carbocycles. The highest BCUT2D eigenvalue weighted by Crippen LogP contribution is 2.16. The maximum atomic E-state index is 11.9. The third-order valence-electron chi connectivity index (χ3n) is 2.91. The fourth-order valence-electron chi connectivity index (χ4n) is 1.83. The summed E-state index contributed by atoms with van der Waals surface area (Å²) in [5.41, 5.74) is 7.40. The molecule has 0 fully saturated rings. The summed E-state index contributed by atoms with van der Waals surface area (Å²) in [7, 11) is 1.63. The first-order valence-corrected chi connectivity index (χ1v) is 6.19. The molecule has 0 spiro atoms. The molecule has 1 unspecified atom stereocenters. The van der Waals surface area contributed by atoms with Gasteiger partial charge in [0, 0.05) is 24.8 Å². The number of H-pyrrole nitrogens is 1. The van der Waals surface area contributed by atoms with E-state index in [1.807, 2.05) is 18.2 Å². The molecule has 6 nitrogen and oxygen atoms in total. The molecular weight excluding hydrogens is 244 g/mol. The molecule has 4 N–H and O–H groups in total. The maximum Gasteiger partial charge on any atom is 0.241 e. The predicted molar refractivity (Wildman–Crippen MR) is 73.8 cm³/mol. The molecule has 19 heavy (non-hydrogen) atoms. The molecule has 0 aliphatic heterocycles. The molecule has 2 aromatic rings. The summed E-state index contributed by atoms with van der Waals surface area (Å²) in [5, 5.41) is 10.6. The van der Waals surface area contributed by atoms with Crippen LogP contribution in [-0.4, -0.2) is 35.9 Å². The number of aromatic nitrogens is 2. The van der Waals surface area contributed by atoms with Crippen molar-refractivity contribution in [2.24, 2.45) is 5.73 Å². The molecule has 1 amide bonds. The first kappa shape index (κ1) is 13.5. The molecule has 0 saturated carbocycles. The number of methoxy groups -OCH3 is 1.